The molecule has 0 saturated heterocycles. The first-order chi connectivity index (χ1) is 22.7. The number of nitrogens with zero attached hydrogens (tertiary/aromatic N) is 4. The summed E-state index contributed by atoms with van der Waals surface area (Å²) < 4.78 is 19.9. The van der Waals surface area contributed by atoms with Gasteiger partial charge in [-0.25, -0.2) is 4.98 Å². The van der Waals surface area contributed by atoms with Crippen LogP contribution in [-0.2, 0) is 0 Å². The van der Waals surface area contributed by atoms with E-state index in [0.717, 1.165) is 67.8 Å². The van der Waals surface area contributed by atoms with E-state index in [1.165, 1.54) is 0 Å². The van der Waals surface area contributed by atoms with E-state index in [1.807, 2.05) is 85.1 Å². The SMILES string of the molecule is CN1C=CN(c2cc(Oc3cc(N(c4ccccc4)c4ccccn4)cc4c3oc3ccccc34)c3c(c2)oc2ccccc23)C1. The van der Waals surface area contributed by atoms with Gasteiger partial charge in [-0.1, -0.05) is 60.7 Å². The van der Waals surface area contributed by atoms with Gasteiger partial charge in [0, 0.05) is 71.4 Å². The number of para-hydroxylation sites is 3. The standard InChI is InChI=1S/C39H28N4O3/c1-41-19-20-42(25-41)27-22-34-38(30-14-6-8-16-33(30)44-34)35(23-27)45-36-24-28(21-31-29-13-5-7-15-32(29)46-39(31)36)43(26-11-3-2-4-12-26)37-17-9-10-18-40-37/h2-24H,25H2,1H3. The molecule has 8 aromatic rings. The molecule has 9 rings (SSSR count). The highest BCUT2D eigenvalue weighted by atomic mass is 16.5. The fourth-order valence-corrected chi connectivity index (χ4v) is 6.33. The minimum absolute atomic E-state index is 0.596. The van der Waals surface area contributed by atoms with Crippen molar-refractivity contribution in [3.8, 4) is 11.5 Å². The second kappa shape index (κ2) is 10.5. The van der Waals surface area contributed by atoms with E-state index in [0.29, 0.717) is 17.1 Å². The molecule has 7 nitrogen and oxygen atoms in total. The zero-order valence-electron chi connectivity index (χ0n) is 25.0. The molecule has 4 heterocycles. The van der Waals surface area contributed by atoms with E-state index in [1.54, 1.807) is 0 Å². The molecule has 5 aromatic carbocycles. The molecule has 0 saturated carbocycles. The summed E-state index contributed by atoms with van der Waals surface area (Å²) in [7, 11) is 2.05. The Balaban J connectivity index is 1.30. The van der Waals surface area contributed by atoms with Crippen LogP contribution in [0.3, 0.4) is 0 Å². The molecule has 0 bridgehead atoms. The molecule has 0 atom stereocenters. The zero-order valence-corrected chi connectivity index (χ0v) is 25.0. The first-order valence-electron chi connectivity index (χ1n) is 15.2. The van der Waals surface area contributed by atoms with Crippen LogP contribution in [0.25, 0.3) is 43.9 Å². The smallest absolute Gasteiger partial charge is 0.178 e. The van der Waals surface area contributed by atoms with Gasteiger partial charge in [0.05, 0.1) is 17.7 Å². The molecular formula is C39H28N4O3. The van der Waals surface area contributed by atoms with Crippen molar-refractivity contribution in [1.82, 2.24) is 9.88 Å². The Kier molecular flexibility index (Phi) is 5.96. The van der Waals surface area contributed by atoms with E-state index < -0.39 is 0 Å². The molecule has 0 unspecified atom stereocenters. The predicted octanol–water partition coefficient (Wildman–Crippen LogP) is 10.3. The Morgan fingerprint density at radius 3 is 2.20 bits per heavy atom. The van der Waals surface area contributed by atoms with Crippen LogP contribution in [0.15, 0.2) is 149 Å². The van der Waals surface area contributed by atoms with Crippen molar-refractivity contribution in [1.29, 1.82) is 0 Å². The maximum atomic E-state index is 7.03. The maximum Gasteiger partial charge on any atom is 0.178 e. The van der Waals surface area contributed by atoms with E-state index in [2.05, 4.69) is 76.6 Å². The summed E-state index contributed by atoms with van der Waals surface area (Å²) in [4.78, 5) is 11.2. The van der Waals surface area contributed by atoms with Gasteiger partial charge in [-0.2, -0.15) is 0 Å². The first kappa shape index (κ1) is 26.2. The largest absolute Gasteiger partial charge is 0.456 e. The fraction of sp³-hybridized carbons (Fsp3) is 0.0513. The monoisotopic (exact) mass is 600 g/mol. The summed E-state index contributed by atoms with van der Waals surface area (Å²) >= 11 is 0. The lowest BCUT2D eigenvalue weighted by atomic mass is 10.1. The van der Waals surface area contributed by atoms with Gasteiger partial charge in [0.1, 0.15) is 28.3 Å². The minimum atomic E-state index is 0.596. The number of aromatic nitrogens is 1. The predicted molar refractivity (Wildman–Crippen MR) is 184 cm³/mol. The number of pyridine rings is 1. The number of fused-ring (bicyclic) bond motifs is 6. The molecule has 0 spiro atoms. The van der Waals surface area contributed by atoms with Crippen LogP contribution in [0.5, 0.6) is 11.5 Å². The molecule has 0 amide bonds. The van der Waals surface area contributed by atoms with Crippen molar-refractivity contribution in [3.63, 3.8) is 0 Å². The zero-order chi connectivity index (χ0) is 30.6. The molecule has 3 aromatic heterocycles. The molecule has 46 heavy (non-hydrogen) atoms. The third-order valence-corrected chi connectivity index (χ3v) is 8.43. The van der Waals surface area contributed by atoms with Crippen LogP contribution < -0.4 is 14.5 Å². The van der Waals surface area contributed by atoms with Crippen LogP contribution in [0, 0.1) is 0 Å². The normalized spacial score (nSPS) is 13.1. The summed E-state index contributed by atoms with van der Waals surface area (Å²) in [6.45, 7) is 0.727. The van der Waals surface area contributed by atoms with Crippen LogP contribution in [0.1, 0.15) is 0 Å². The molecule has 0 radical (unpaired) electrons. The lowest BCUT2D eigenvalue weighted by molar-refractivity contribution is 0.480. The van der Waals surface area contributed by atoms with Crippen LogP contribution in [0.4, 0.5) is 22.9 Å². The van der Waals surface area contributed by atoms with Gasteiger partial charge in [-0.05, 0) is 42.5 Å². The highest BCUT2D eigenvalue weighted by Gasteiger charge is 2.23. The summed E-state index contributed by atoms with van der Waals surface area (Å²) in [5.74, 6) is 2.07. The average Bonchev–Trinajstić information content (AvgIpc) is 3.81. The molecule has 222 valence electrons. The number of furan rings is 2. The molecular weight excluding hydrogens is 572 g/mol. The molecule has 1 aliphatic heterocycles. The van der Waals surface area contributed by atoms with Gasteiger partial charge < -0.3 is 23.4 Å². The second-order valence-electron chi connectivity index (χ2n) is 11.5. The van der Waals surface area contributed by atoms with Crippen LogP contribution in [-0.4, -0.2) is 23.6 Å². The topological polar surface area (TPSA) is 58.1 Å². The van der Waals surface area contributed by atoms with Crippen molar-refractivity contribution in [3.05, 3.63) is 140 Å². The highest BCUT2D eigenvalue weighted by Crippen LogP contribution is 2.46. The van der Waals surface area contributed by atoms with E-state index in [-0.39, 0.29) is 0 Å². The number of benzene rings is 5. The summed E-state index contributed by atoms with van der Waals surface area (Å²) in [5, 5.41) is 3.87. The summed E-state index contributed by atoms with van der Waals surface area (Å²) in [5.41, 5.74) is 5.88. The molecule has 0 N–H and O–H groups in total. The summed E-state index contributed by atoms with van der Waals surface area (Å²) in [6.07, 6.45) is 5.93. The number of hydrogen-bond acceptors (Lipinski definition) is 7. The van der Waals surface area contributed by atoms with E-state index in [9.17, 15) is 0 Å². The van der Waals surface area contributed by atoms with E-state index in [4.69, 9.17) is 18.6 Å². The van der Waals surface area contributed by atoms with Gasteiger partial charge in [0.15, 0.2) is 11.3 Å². The molecule has 0 aliphatic carbocycles. The van der Waals surface area contributed by atoms with Crippen LogP contribution in [0.2, 0.25) is 0 Å². The van der Waals surface area contributed by atoms with Crippen molar-refractivity contribution < 1.29 is 13.6 Å². The Morgan fingerprint density at radius 1 is 0.652 bits per heavy atom. The number of ether oxygens (including phenoxy) is 1. The Bertz CT molecular complexity index is 2370. The number of rotatable bonds is 6. The number of hydrogen-bond donors (Lipinski definition) is 0. The lowest BCUT2D eigenvalue weighted by Crippen LogP contribution is -2.21. The molecule has 0 fully saturated rings. The summed E-state index contributed by atoms with van der Waals surface area (Å²) in [6, 6.07) is 40.7. The van der Waals surface area contributed by atoms with Crippen molar-refractivity contribution >= 4 is 66.8 Å². The average molecular weight is 601 g/mol. The fourth-order valence-electron chi connectivity index (χ4n) is 6.33. The third kappa shape index (κ3) is 4.32. The van der Waals surface area contributed by atoms with Crippen molar-refractivity contribution in [2.75, 3.05) is 23.5 Å². The lowest BCUT2D eigenvalue weighted by Gasteiger charge is -2.25. The van der Waals surface area contributed by atoms with Gasteiger partial charge in [0.25, 0.3) is 0 Å². The van der Waals surface area contributed by atoms with Gasteiger partial charge in [0.2, 0.25) is 0 Å². The quantitative estimate of drug-likeness (QED) is 0.188. The van der Waals surface area contributed by atoms with Crippen molar-refractivity contribution in [2.24, 2.45) is 0 Å². The second-order valence-corrected chi connectivity index (χ2v) is 11.5. The van der Waals surface area contributed by atoms with Gasteiger partial charge in [-0.15, -0.1) is 0 Å². The van der Waals surface area contributed by atoms with Gasteiger partial charge in [-0.3, -0.25) is 4.90 Å². The van der Waals surface area contributed by atoms with Crippen molar-refractivity contribution in [2.45, 2.75) is 0 Å². The molecule has 7 heteroatoms. The third-order valence-electron chi connectivity index (χ3n) is 8.43. The molecule has 1 aliphatic rings. The number of anilines is 4. The Labute approximate surface area is 264 Å². The highest BCUT2D eigenvalue weighted by molar-refractivity contribution is 6.11. The Hall–Kier alpha value is -6.21. The first-order valence-corrected chi connectivity index (χ1v) is 15.2. The van der Waals surface area contributed by atoms with Gasteiger partial charge >= 0.3 is 0 Å². The Morgan fingerprint density at radius 2 is 1.41 bits per heavy atom. The van der Waals surface area contributed by atoms with E-state index >= 15 is 0 Å². The van der Waals surface area contributed by atoms with Crippen LogP contribution >= 0.6 is 0 Å². The maximum absolute atomic E-state index is 7.03. The minimum Gasteiger partial charge on any atom is -0.456 e.